The van der Waals surface area contributed by atoms with Crippen molar-refractivity contribution in [1.29, 1.82) is 0 Å². The minimum atomic E-state index is -0.467. The van der Waals surface area contributed by atoms with Crippen LogP contribution in [0.2, 0.25) is 0 Å². The predicted octanol–water partition coefficient (Wildman–Crippen LogP) is 1.97. The highest BCUT2D eigenvalue weighted by Crippen LogP contribution is 2.27. The highest BCUT2D eigenvalue weighted by Gasteiger charge is 2.34. The highest BCUT2D eigenvalue weighted by atomic mass is 16.7. The van der Waals surface area contributed by atoms with Crippen molar-refractivity contribution in [3.05, 3.63) is 0 Å². The smallest absolute Gasteiger partial charge is 0.317 e. The molecule has 1 atom stereocenters. The van der Waals surface area contributed by atoms with Gasteiger partial charge < -0.3 is 19.7 Å². The maximum absolute atomic E-state index is 12.0. The van der Waals surface area contributed by atoms with Crippen LogP contribution in [-0.4, -0.2) is 49.1 Å². The molecule has 2 aliphatic rings. The summed E-state index contributed by atoms with van der Waals surface area (Å²) in [5.41, 5.74) is 0. The summed E-state index contributed by atoms with van der Waals surface area (Å²) in [5, 5.41) is 3.02. The molecule has 1 aliphatic carbocycles. The van der Waals surface area contributed by atoms with E-state index in [9.17, 15) is 4.79 Å². The Morgan fingerprint density at radius 1 is 1.42 bits per heavy atom. The first-order chi connectivity index (χ1) is 9.04. The van der Waals surface area contributed by atoms with Crippen molar-refractivity contribution in [2.45, 2.75) is 51.9 Å². The molecule has 1 aliphatic heterocycles. The van der Waals surface area contributed by atoms with E-state index in [1.807, 2.05) is 18.7 Å². The van der Waals surface area contributed by atoms with E-state index in [0.717, 1.165) is 25.8 Å². The number of urea groups is 1. The second-order valence-corrected chi connectivity index (χ2v) is 5.84. The molecule has 1 saturated heterocycles. The molecule has 0 unspecified atom stereocenters. The third-order valence-corrected chi connectivity index (χ3v) is 3.81. The van der Waals surface area contributed by atoms with Gasteiger partial charge in [-0.15, -0.1) is 0 Å². The van der Waals surface area contributed by atoms with Crippen molar-refractivity contribution >= 4 is 6.03 Å². The van der Waals surface area contributed by atoms with Crippen LogP contribution in [0.4, 0.5) is 4.79 Å². The fraction of sp³-hybridized carbons (Fsp3) is 0.929. The lowest BCUT2D eigenvalue weighted by atomic mass is 10.0. The van der Waals surface area contributed by atoms with Gasteiger partial charge in [-0.2, -0.15) is 0 Å². The molecule has 0 radical (unpaired) electrons. The largest absolute Gasteiger partial charge is 0.348 e. The number of nitrogens with zero attached hydrogens (tertiary/aromatic N) is 1. The zero-order valence-electron chi connectivity index (χ0n) is 12.3. The molecule has 0 aromatic carbocycles. The van der Waals surface area contributed by atoms with Crippen molar-refractivity contribution in [2.75, 3.05) is 26.3 Å². The van der Waals surface area contributed by atoms with E-state index in [0.29, 0.717) is 31.7 Å². The van der Waals surface area contributed by atoms with Crippen LogP contribution in [0, 0.1) is 5.92 Å². The summed E-state index contributed by atoms with van der Waals surface area (Å²) in [5.74, 6) is -0.129. The average Bonchev–Trinajstić information content (AvgIpc) is 3.10. The fourth-order valence-electron chi connectivity index (χ4n) is 2.70. The predicted molar refractivity (Wildman–Crippen MR) is 72.9 cm³/mol. The molecule has 110 valence electrons. The molecule has 1 N–H and O–H groups in total. The molecule has 1 saturated carbocycles. The van der Waals surface area contributed by atoms with E-state index >= 15 is 0 Å². The summed E-state index contributed by atoms with van der Waals surface area (Å²) in [4.78, 5) is 14.0. The minimum Gasteiger partial charge on any atom is -0.348 e. The van der Waals surface area contributed by atoms with Crippen molar-refractivity contribution < 1.29 is 14.3 Å². The number of amides is 2. The molecule has 19 heavy (non-hydrogen) atoms. The molecule has 0 aromatic rings. The van der Waals surface area contributed by atoms with E-state index in [1.165, 1.54) is 0 Å². The van der Waals surface area contributed by atoms with Gasteiger partial charge in [0.25, 0.3) is 0 Å². The topological polar surface area (TPSA) is 50.8 Å². The average molecular weight is 270 g/mol. The Bertz CT molecular complexity index is 312. The van der Waals surface area contributed by atoms with E-state index in [4.69, 9.17) is 9.47 Å². The van der Waals surface area contributed by atoms with Crippen molar-refractivity contribution in [1.82, 2.24) is 10.2 Å². The highest BCUT2D eigenvalue weighted by molar-refractivity contribution is 5.74. The maximum atomic E-state index is 12.0. The number of hydrogen-bond donors (Lipinski definition) is 1. The van der Waals surface area contributed by atoms with E-state index in [1.54, 1.807) is 0 Å². The number of rotatable bonds is 6. The van der Waals surface area contributed by atoms with Crippen molar-refractivity contribution in [3.8, 4) is 0 Å². The van der Waals surface area contributed by atoms with Gasteiger partial charge in [0.15, 0.2) is 5.79 Å². The Morgan fingerprint density at radius 3 is 2.58 bits per heavy atom. The number of carbonyl (C=O) groups is 1. The lowest BCUT2D eigenvalue weighted by Gasteiger charge is -2.27. The van der Waals surface area contributed by atoms with Gasteiger partial charge in [-0.05, 0) is 32.6 Å². The van der Waals surface area contributed by atoms with Gasteiger partial charge in [-0.25, -0.2) is 4.79 Å². The summed E-state index contributed by atoms with van der Waals surface area (Å²) >= 11 is 0. The van der Waals surface area contributed by atoms with Crippen LogP contribution in [0.3, 0.4) is 0 Å². The van der Waals surface area contributed by atoms with Gasteiger partial charge in [-0.3, -0.25) is 0 Å². The second kappa shape index (κ2) is 6.09. The molecular weight excluding hydrogens is 244 g/mol. The van der Waals surface area contributed by atoms with Gasteiger partial charge >= 0.3 is 6.03 Å². The van der Waals surface area contributed by atoms with Gasteiger partial charge in [0, 0.05) is 25.6 Å². The van der Waals surface area contributed by atoms with Gasteiger partial charge in [0.1, 0.15) is 0 Å². The van der Waals surface area contributed by atoms with E-state index < -0.39 is 5.79 Å². The molecule has 2 amide bonds. The Kier molecular flexibility index (Phi) is 4.68. The quantitative estimate of drug-likeness (QED) is 0.803. The zero-order valence-corrected chi connectivity index (χ0v) is 12.3. The Labute approximate surface area is 115 Å². The summed E-state index contributed by atoms with van der Waals surface area (Å²) in [6.07, 6.45) is 3.11. The first-order valence-corrected chi connectivity index (χ1v) is 7.36. The van der Waals surface area contributed by atoms with E-state index in [-0.39, 0.29) is 6.03 Å². The summed E-state index contributed by atoms with van der Waals surface area (Å²) in [7, 11) is 0. The molecule has 0 bridgehead atoms. The summed E-state index contributed by atoms with van der Waals surface area (Å²) in [6.45, 7) is 8.91. The molecule has 5 nitrogen and oxygen atoms in total. The minimum absolute atomic E-state index is 0.0651. The Balaban J connectivity index is 1.70. The molecular formula is C14H26N2O3. The van der Waals surface area contributed by atoms with Gasteiger partial charge in [-0.1, -0.05) is 6.92 Å². The molecule has 0 aromatic heterocycles. The Morgan fingerprint density at radius 2 is 2.05 bits per heavy atom. The van der Waals surface area contributed by atoms with Crippen LogP contribution < -0.4 is 5.32 Å². The van der Waals surface area contributed by atoms with Crippen LogP contribution in [0.15, 0.2) is 0 Å². The maximum Gasteiger partial charge on any atom is 0.317 e. The van der Waals surface area contributed by atoms with Gasteiger partial charge in [0.2, 0.25) is 0 Å². The van der Waals surface area contributed by atoms with Gasteiger partial charge in [0.05, 0.1) is 13.2 Å². The first-order valence-electron chi connectivity index (χ1n) is 7.36. The molecule has 0 spiro atoms. The first kappa shape index (κ1) is 14.6. The molecule has 5 heteroatoms. The van der Waals surface area contributed by atoms with Crippen molar-refractivity contribution in [3.63, 3.8) is 0 Å². The molecule has 2 rings (SSSR count). The Hall–Kier alpha value is -0.810. The fourth-order valence-corrected chi connectivity index (χ4v) is 2.70. The normalized spacial score (nSPS) is 23.1. The monoisotopic (exact) mass is 270 g/mol. The standard InChI is InChI=1S/C14H26N2O3/c1-4-16(12-5-6-12)13(17)15-10-11(2)9-14(3)18-7-8-19-14/h11-12H,4-10H2,1-3H3,(H,15,17)/t11-/m0/s1. The van der Waals surface area contributed by atoms with Crippen LogP contribution in [0.25, 0.3) is 0 Å². The SMILES string of the molecule is CCN(C(=O)NC[C@@H](C)CC1(C)OCCO1)C1CC1. The molecule has 1 heterocycles. The lowest BCUT2D eigenvalue weighted by Crippen LogP contribution is -2.43. The summed E-state index contributed by atoms with van der Waals surface area (Å²) < 4.78 is 11.2. The number of nitrogens with one attached hydrogen (secondary N) is 1. The van der Waals surface area contributed by atoms with Crippen LogP contribution in [-0.2, 0) is 9.47 Å². The second-order valence-electron chi connectivity index (χ2n) is 5.84. The molecule has 2 fully saturated rings. The number of ether oxygens (including phenoxy) is 2. The van der Waals surface area contributed by atoms with Crippen LogP contribution in [0.1, 0.15) is 40.0 Å². The lowest BCUT2D eigenvalue weighted by molar-refractivity contribution is -0.153. The van der Waals surface area contributed by atoms with Crippen LogP contribution >= 0.6 is 0 Å². The third kappa shape index (κ3) is 4.08. The van der Waals surface area contributed by atoms with E-state index in [2.05, 4.69) is 12.2 Å². The zero-order chi connectivity index (χ0) is 13.9. The summed E-state index contributed by atoms with van der Waals surface area (Å²) in [6, 6.07) is 0.537. The third-order valence-electron chi connectivity index (χ3n) is 3.81. The van der Waals surface area contributed by atoms with Crippen LogP contribution in [0.5, 0.6) is 0 Å². The van der Waals surface area contributed by atoms with Crippen molar-refractivity contribution in [2.24, 2.45) is 5.92 Å². The number of hydrogen-bond acceptors (Lipinski definition) is 3. The number of carbonyl (C=O) groups excluding carboxylic acids is 1.